The Kier molecular flexibility index (Phi) is 5.78. The summed E-state index contributed by atoms with van der Waals surface area (Å²) in [7, 11) is -3.74. The lowest BCUT2D eigenvalue weighted by Gasteiger charge is -2.14. The van der Waals surface area contributed by atoms with Gasteiger partial charge in [-0.1, -0.05) is 17.3 Å². The molecule has 0 unspecified atom stereocenters. The minimum absolute atomic E-state index is 0.0986. The number of ether oxygens (including phenoxy) is 1. The van der Waals surface area contributed by atoms with Gasteiger partial charge in [-0.2, -0.15) is 9.78 Å². The number of sulfonamides is 1. The van der Waals surface area contributed by atoms with Crippen molar-refractivity contribution in [3.63, 3.8) is 0 Å². The summed E-state index contributed by atoms with van der Waals surface area (Å²) in [5.74, 6) is 0.467. The Bertz CT molecular complexity index is 1250. The van der Waals surface area contributed by atoms with Gasteiger partial charge in [-0.3, -0.25) is 4.79 Å². The first kappa shape index (κ1) is 21.4. The Balaban J connectivity index is 1.70. The molecule has 2 aromatic heterocycles. The second-order valence-corrected chi connectivity index (χ2v) is 9.34. The predicted molar refractivity (Wildman–Crippen MR) is 114 cm³/mol. The van der Waals surface area contributed by atoms with Crippen molar-refractivity contribution in [2.75, 3.05) is 13.2 Å². The van der Waals surface area contributed by atoms with Crippen molar-refractivity contribution in [1.82, 2.24) is 19.7 Å². The number of nitrogens with one attached hydrogen (secondary N) is 1. The standard InChI is InChI=1S/C21H24N4O5S/c1-13-6-7-16(11-19(13)31(27,28)22-12-17-5-4-10-29-17)18-8-9-20(26)25(23-18)21-14(2)24-30-15(21)3/h6-9,11,17,22H,4-5,10,12H2,1-3H3/t17-/m0/s1. The van der Waals surface area contributed by atoms with Gasteiger partial charge in [0.15, 0.2) is 5.76 Å². The van der Waals surface area contributed by atoms with Crippen molar-refractivity contribution in [1.29, 1.82) is 0 Å². The Labute approximate surface area is 180 Å². The number of aryl methyl sites for hydroxylation is 3. The molecule has 31 heavy (non-hydrogen) atoms. The maximum atomic E-state index is 12.9. The maximum Gasteiger partial charge on any atom is 0.271 e. The Morgan fingerprint density at radius 3 is 2.68 bits per heavy atom. The molecular weight excluding hydrogens is 420 g/mol. The van der Waals surface area contributed by atoms with Gasteiger partial charge in [0.1, 0.15) is 11.4 Å². The van der Waals surface area contributed by atoms with E-state index in [0.717, 1.165) is 12.8 Å². The first-order valence-electron chi connectivity index (χ1n) is 10.0. The van der Waals surface area contributed by atoms with E-state index in [1.165, 1.54) is 10.7 Å². The fraction of sp³-hybridized carbons (Fsp3) is 0.381. The molecule has 0 bridgehead atoms. The van der Waals surface area contributed by atoms with E-state index in [1.54, 1.807) is 45.0 Å². The topological polar surface area (TPSA) is 116 Å². The average molecular weight is 445 g/mol. The maximum absolute atomic E-state index is 12.9. The fourth-order valence-corrected chi connectivity index (χ4v) is 4.98. The minimum atomic E-state index is -3.74. The number of hydrogen-bond acceptors (Lipinski definition) is 7. The van der Waals surface area contributed by atoms with E-state index < -0.39 is 10.0 Å². The Morgan fingerprint density at radius 1 is 1.19 bits per heavy atom. The molecular formula is C21H24N4O5S. The second kappa shape index (κ2) is 8.37. The first-order chi connectivity index (χ1) is 14.8. The molecule has 1 aliphatic rings. The van der Waals surface area contributed by atoms with Crippen LogP contribution in [0.3, 0.4) is 0 Å². The third-order valence-electron chi connectivity index (χ3n) is 5.31. The van der Waals surface area contributed by atoms with Crippen molar-refractivity contribution in [3.05, 3.63) is 57.7 Å². The molecule has 10 heteroatoms. The van der Waals surface area contributed by atoms with Gasteiger partial charge < -0.3 is 9.26 Å². The van der Waals surface area contributed by atoms with Gasteiger partial charge in [0.2, 0.25) is 10.0 Å². The molecule has 0 aliphatic carbocycles. The number of nitrogens with zero attached hydrogens (tertiary/aromatic N) is 3. The zero-order valence-electron chi connectivity index (χ0n) is 17.6. The summed E-state index contributed by atoms with van der Waals surface area (Å²) < 4.78 is 40.4. The van der Waals surface area contributed by atoms with Crippen molar-refractivity contribution in [3.8, 4) is 16.9 Å². The van der Waals surface area contributed by atoms with E-state index in [0.29, 0.717) is 40.6 Å². The third-order valence-corrected chi connectivity index (χ3v) is 6.87. The van der Waals surface area contributed by atoms with Crippen LogP contribution in [0.5, 0.6) is 0 Å². The molecule has 0 amide bonds. The highest BCUT2D eigenvalue weighted by Crippen LogP contribution is 2.24. The number of aromatic nitrogens is 3. The summed E-state index contributed by atoms with van der Waals surface area (Å²) >= 11 is 0. The minimum Gasteiger partial charge on any atom is -0.377 e. The summed E-state index contributed by atoms with van der Waals surface area (Å²) in [5, 5.41) is 8.31. The van der Waals surface area contributed by atoms with Crippen molar-refractivity contribution >= 4 is 10.0 Å². The molecule has 1 fully saturated rings. The average Bonchev–Trinajstić information content (AvgIpc) is 3.37. The molecule has 3 heterocycles. The summed E-state index contributed by atoms with van der Waals surface area (Å²) in [6.07, 6.45) is 1.68. The fourth-order valence-electron chi connectivity index (χ4n) is 3.64. The summed E-state index contributed by atoms with van der Waals surface area (Å²) in [5.41, 5.74) is 2.32. The lowest BCUT2D eigenvalue weighted by molar-refractivity contribution is 0.114. The van der Waals surface area contributed by atoms with Crippen LogP contribution in [-0.2, 0) is 14.8 Å². The lowest BCUT2D eigenvalue weighted by Crippen LogP contribution is -2.32. The zero-order chi connectivity index (χ0) is 22.2. The summed E-state index contributed by atoms with van der Waals surface area (Å²) in [6.45, 7) is 6.06. The van der Waals surface area contributed by atoms with Gasteiger partial charge in [0.25, 0.3) is 5.56 Å². The quantitative estimate of drug-likeness (QED) is 0.620. The predicted octanol–water partition coefficient (Wildman–Crippen LogP) is 2.27. The van der Waals surface area contributed by atoms with Crippen LogP contribution in [0.25, 0.3) is 16.9 Å². The molecule has 1 atom stereocenters. The van der Waals surface area contributed by atoms with E-state index in [4.69, 9.17) is 9.26 Å². The van der Waals surface area contributed by atoms with Crippen LogP contribution in [-0.4, -0.2) is 42.6 Å². The van der Waals surface area contributed by atoms with Crippen LogP contribution in [0, 0.1) is 20.8 Å². The van der Waals surface area contributed by atoms with Crippen LogP contribution < -0.4 is 10.3 Å². The van der Waals surface area contributed by atoms with Crippen molar-refractivity contribution in [2.45, 2.75) is 44.6 Å². The molecule has 0 radical (unpaired) electrons. The van der Waals surface area contributed by atoms with Crippen molar-refractivity contribution < 1.29 is 17.7 Å². The van der Waals surface area contributed by atoms with Crippen LogP contribution >= 0.6 is 0 Å². The normalized spacial score (nSPS) is 16.7. The molecule has 1 N–H and O–H groups in total. The molecule has 0 saturated carbocycles. The van der Waals surface area contributed by atoms with E-state index in [1.807, 2.05) is 0 Å². The zero-order valence-corrected chi connectivity index (χ0v) is 18.4. The van der Waals surface area contributed by atoms with Crippen LogP contribution in [0.2, 0.25) is 0 Å². The molecule has 9 nitrogen and oxygen atoms in total. The molecule has 164 valence electrons. The molecule has 1 aromatic carbocycles. The highest BCUT2D eigenvalue weighted by Gasteiger charge is 2.22. The largest absolute Gasteiger partial charge is 0.377 e. The summed E-state index contributed by atoms with van der Waals surface area (Å²) in [6, 6.07) is 8.02. The third kappa shape index (κ3) is 4.32. The lowest BCUT2D eigenvalue weighted by atomic mass is 10.1. The van der Waals surface area contributed by atoms with Crippen LogP contribution in [0.1, 0.15) is 29.9 Å². The van der Waals surface area contributed by atoms with E-state index in [-0.39, 0.29) is 23.1 Å². The Hall–Kier alpha value is -2.82. The molecule has 3 aromatic rings. The van der Waals surface area contributed by atoms with Gasteiger partial charge in [-0.05, 0) is 51.3 Å². The second-order valence-electron chi connectivity index (χ2n) is 7.61. The highest BCUT2D eigenvalue weighted by molar-refractivity contribution is 7.89. The first-order valence-corrected chi connectivity index (χ1v) is 11.5. The molecule has 1 saturated heterocycles. The Morgan fingerprint density at radius 2 is 2.00 bits per heavy atom. The molecule has 1 aliphatic heterocycles. The molecule has 0 spiro atoms. The van der Waals surface area contributed by atoms with Gasteiger partial charge in [-0.15, -0.1) is 0 Å². The van der Waals surface area contributed by atoms with Crippen molar-refractivity contribution in [2.24, 2.45) is 0 Å². The van der Waals surface area contributed by atoms with Crippen LogP contribution in [0.4, 0.5) is 0 Å². The number of rotatable bonds is 6. The van der Waals surface area contributed by atoms with E-state index in [2.05, 4.69) is 15.0 Å². The van der Waals surface area contributed by atoms with Crippen LogP contribution in [0.15, 0.2) is 44.5 Å². The van der Waals surface area contributed by atoms with Gasteiger partial charge in [0.05, 0.1) is 16.7 Å². The van der Waals surface area contributed by atoms with Gasteiger partial charge in [0, 0.05) is 24.8 Å². The summed E-state index contributed by atoms with van der Waals surface area (Å²) in [4.78, 5) is 12.6. The smallest absolute Gasteiger partial charge is 0.271 e. The van der Waals surface area contributed by atoms with E-state index >= 15 is 0 Å². The molecule has 4 rings (SSSR count). The number of hydrogen-bond donors (Lipinski definition) is 1. The van der Waals surface area contributed by atoms with Gasteiger partial charge >= 0.3 is 0 Å². The number of benzene rings is 1. The SMILES string of the molecule is Cc1ccc(-c2ccc(=O)n(-c3c(C)noc3C)n2)cc1S(=O)(=O)NC[C@@H]1CCCO1. The van der Waals surface area contributed by atoms with Gasteiger partial charge in [-0.25, -0.2) is 13.1 Å². The monoisotopic (exact) mass is 444 g/mol. The van der Waals surface area contributed by atoms with E-state index in [9.17, 15) is 13.2 Å². The highest BCUT2D eigenvalue weighted by atomic mass is 32.2.